The lowest BCUT2D eigenvalue weighted by molar-refractivity contribution is -0.407. The van der Waals surface area contributed by atoms with Gasteiger partial charge in [0.05, 0.1) is 27.0 Å². The highest BCUT2D eigenvalue weighted by Crippen LogP contribution is 2.35. The van der Waals surface area contributed by atoms with Crippen molar-refractivity contribution in [3.05, 3.63) is 24.3 Å². The number of hydrogen-bond donors (Lipinski definition) is 1. The molecule has 1 aromatic rings. The number of urea groups is 1. The number of methoxy groups -OCH3 is 1. The molecule has 1 unspecified atom stereocenters. The molecule has 10 heteroatoms. The summed E-state index contributed by atoms with van der Waals surface area (Å²) < 4.78 is 6.55. The molecule has 2 heterocycles. The Hall–Kier alpha value is -3.01. The van der Waals surface area contributed by atoms with E-state index in [1.807, 2.05) is 0 Å². The minimum absolute atomic E-state index is 0.0758. The van der Waals surface area contributed by atoms with Gasteiger partial charge in [-0.3, -0.25) is 9.59 Å². The molecule has 0 radical (unpaired) electrons. The fourth-order valence-corrected chi connectivity index (χ4v) is 4.15. The van der Waals surface area contributed by atoms with Crippen LogP contribution in [0.25, 0.3) is 0 Å². The van der Waals surface area contributed by atoms with Crippen LogP contribution in [0.5, 0.6) is 5.75 Å². The Morgan fingerprint density at radius 2 is 2.10 bits per heavy atom. The van der Waals surface area contributed by atoms with Crippen LogP contribution >= 0.6 is 11.8 Å². The number of carbonyl (C=O) groups excluding carboxylic acids is 3. The number of rotatable bonds is 5. The van der Waals surface area contributed by atoms with Crippen LogP contribution in [0.3, 0.4) is 0 Å². The first kappa shape index (κ1) is 20.3. The second-order valence-electron chi connectivity index (χ2n) is 7.29. The average Bonchev–Trinajstić information content (AvgIpc) is 3.59. The van der Waals surface area contributed by atoms with Gasteiger partial charge in [0, 0.05) is 17.7 Å². The van der Waals surface area contributed by atoms with Crippen LogP contribution in [-0.4, -0.2) is 71.0 Å². The third-order valence-electron chi connectivity index (χ3n) is 5.10. The molecule has 0 spiro atoms. The number of imide groups is 1. The largest absolute Gasteiger partial charge is 0.497 e. The first-order valence-corrected chi connectivity index (χ1v) is 10.5. The van der Waals surface area contributed by atoms with Gasteiger partial charge in [-0.1, -0.05) is 22.8 Å². The lowest BCUT2D eigenvalue weighted by Crippen LogP contribution is -2.54. The van der Waals surface area contributed by atoms with Gasteiger partial charge in [0.15, 0.2) is 5.92 Å². The first-order valence-electron chi connectivity index (χ1n) is 9.55. The monoisotopic (exact) mass is 428 g/mol. The minimum atomic E-state index is -0.769. The number of amidine groups is 2. The Kier molecular flexibility index (Phi) is 5.42. The van der Waals surface area contributed by atoms with E-state index in [1.54, 1.807) is 38.4 Å². The lowest BCUT2D eigenvalue weighted by atomic mass is 10.0. The van der Waals surface area contributed by atoms with Gasteiger partial charge < -0.3 is 10.1 Å². The number of thioether (sulfide) groups is 1. The molecule has 1 N–H and O–H groups in total. The number of nitrogens with zero attached hydrogens (tertiary/aromatic N) is 4. The Bertz CT molecular complexity index is 1030. The molecule has 1 aromatic carbocycles. The highest BCUT2D eigenvalue weighted by atomic mass is 32.2. The van der Waals surface area contributed by atoms with Crippen LogP contribution in [0, 0.1) is 11.8 Å². The molecule has 0 saturated heterocycles. The van der Waals surface area contributed by atoms with Crippen molar-refractivity contribution in [1.82, 2.24) is 4.90 Å². The van der Waals surface area contributed by atoms with Crippen LogP contribution in [0.1, 0.15) is 12.8 Å². The number of anilines is 1. The summed E-state index contributed by atoms with van der Waals surface area (Å²) in [6.07, 6.45) is 1.97. The summed E-state index contributed by atoms with van der Waals surface area (Å²) in [7, 11) is 4.60. The highest BCUT2D eigenvalue weighted by Gasteiger charge is 2.50. The molecule has 156 valence electrons. The summed E-state index contributed by atoms with van der Waals surface area (Å²) >= 11 is 1.20. The molecule has 30 heavy (non-hydrogen) atoms. The van der Waals surface area contributed by atoms with Gasteiger partial charge in [0.2, 0.25) is 11.7 Å². The highest BCUT2D eigenvalue weighted by molar-refractivity contribution is 8.14. The third kappa shape index (κ3) is 3.87. The molecule has 9 nitrogen and oxygen atoms in total. The van der Waals surface area contributed by atoms with Gasteiger partial charge in [-0.25, -0.2) is 9.79 Å². The van der Waals surface area contributed by atoms with Crippen LogP contribution < -0.4 is 10.1 Å². The summed E-state index contributed by atoms with van der Waals surface area (Å²) in [6.45, 7) is 0. The maximum absolute atomic E-state index is 12.8. The molecule has 1 aliphatic carbocycles. The fourth-order valence-electron chi connectivity index (χ4n) is 3.27. The van der Waals surface area contributed by atoms with Gasteiger partial charge in [-0.2, -0.15) is 9.48 Å². The molecule has 3 aliphatic rings. The maximum atomic E-state index is 12.8. The van der Waals surface area contributed by atoms with Gasteiger partial charge in [-0.05, 0) is 25.0 Å². The number of aliphatic imine (C=N–C) groups is 2. The zero-order chi connectivity index (χ0) is 21.4. The fraction of sp³-hybridized carbons (Fsp3) is 0.400. The number of fused-ring (bicyclic) bond motifs is 1. The zero-order valence-corrected chi connectivity index (χ0v) is 17.7. The molecule has 4 rings (SSSR count). The van der Waals surface area contributed by atoms with E-state index in [1.165, 1.54) is 23.4 Å². The molecular weight excluding hydrogens is 406 g/mol. The van der Waals surface area contributed by atoms with Crippen molar-refractivity contribution in [3.63, 3.8) is 0 Å². The summed E-state index contributed by atoms with van der Waals surface area (Å²) in [4.78, 5) is 47.8. The van der Waals surface area contributed by atoms with Crippen molar-refractivity contribution in [3.8, 4) is 5.75 Å². The number of carbonyl (C=O) groups is 3. The normalized spacial score (nSPS) is 21.2. The van der Waals surface area contributed by atoms with Gasteiger partial charge in [-0.15, -0.1) is 0 Å². The van der Waals surface area contributed by atoms with E-state index >= 15 is 0 Å². The number of benzene rings is 1. The van der Waals surface area contributed by atoms with Crippen molar-refractivity contribution < 1.29 is 23.7 Å². The van der Waals surface area contributed by atoms with Crippen molar-refractivity contribution in [1.29, 1.82) is 0 Å². The Labute approximate surface area is 177 Å². The number of hydrogen-bond acceptors (Lipinski definition) is 7. The first-order chi connectivity index (χ1) is 14.4. The van der Waals surface area contributed by atoms with E-state index in [-0.39, 0.29) is 23.5 Å². The smallest absolute Gasteiger partial charge is 0.445 e. The van der Waals surface area contributed by atoms with E-state index in [0.717, 1.165) is 17.7 Å². The maximum Gasteiger partial charge on any atom is 0.445 e. The van der Waals surface area contributed by atoms with E-state index in [4.69, 9.17) is 4.74 Å². The van der Waals surface area contributed by atoms with Crippen molar-refractivity contribution in [2.75, 3.05) is 32.3 Å². The number of nitrogens with one attached hydrogen (secondary N) is 1. The molecule has 4 amide bonds. The van der Waals surface area contributed by atoms with E-state index < -0.39 is 11.9 Å². The van der Waals surface area contributed by atoms with Gasteiger partial charge in [0.1, 0.15) is 10.8 Å². The summed E-state index contributed by atoms with van der Waals surface area (Å²) in [5.41, 5.74) is 0.622. The van der Waals surface area contributed by atoms with Crippen molar-refractivity contribution in [2.45, 2.75) is 12.8 Å². The number of amides is 4. The molecule has 1 atom stereocenters. The second kappa shape index (κ2) is 8.02. The van der Waals surface area contributed by atoms with E-state index in [9.17, 15) is 14.4 Å². The van der Waals surface area contributed by atoms with Crippen molar-refractivity contribution >= 4 is 52.0 Å². The van der Waals surface area contributed by atoms with Gasteiger partial charge in [0.25, 0.3) is 5.84 Å². The van der Waals surface area contributed by atoms with Crippen molar-refractivity contribution in [2.24, 2.45) is 21.8 Å². The topological polar surface area (TPSA) is 103 Å². The molecule has 1 fully saturated rings. The predicted molar refractivity (Wildman–Crippen MR) is 115 cm³/mol. The predicted octanol–water partition coefficient (Wildman–Crippen LogP) is 1.84. The lowest BCUT2D eigenvalue weighted by Gasteiger charge is -2.26. The Morgan fingerprint density at radius 3 is 2.80 bits per heavy atom. The van der Waals surface area contributed by atoms with Crippen LogP contribution in [0.4, 0.5) is 10.5 Å². The van der Waals surface area contributed by atoms with E-state index in [2.05, 4.69) is 15.3 Å². The molecule has 0 bridgehead atoms. The zero-order valence-electron chi connectivity index (χ0n) is 16.9. The summed E-state index contributed by atoms with van der Waals surface area (Å²) in [5.74, 6) is 0.606. The third-order valence-corrected chi connectivity index (χ3v) is 6.13. The van der Waals surface area contributed by atoms with Gasteiger partial charge >= 0.3 is 11.9 Å². The molecular formula is C20H22N5O4S+. The van der Waals surface area contributed by atoms with Crippen LogP contribution in [-0.2, 0) is 9.59 Å². The summed E-state index contributed by atoms with van der Waals surface area (Å²) in [6, 6.07) is 6.65. The Balaban J connectivity index is 1.53. The molecule has 2 aliphatic heterocycles. The molecule has 1 saturated carbocycles. The minimum Gasteiger partial charge on any atom is -0.497 e. The van der Waals surface area contributed by atoms with E-state index in [0.29, 0.717) is 28.2 Å². The average molecular weight is 428 g/mol. The second-order valence-corrected chi connectivity index (χ2v) is 8.29. The Morgan fingerprint density at radius 1 is 1.33 bits per heavy atom. The van der Waals surface area contributed by atoms with Crippen LogP contribution in [0.15, 0.2) is 34.3 Å². The van der Waals surface area contributed by atoms with Crippen LogP contribution in [0.2, 0.25) is 0 Å². The standard InChI is InChI=1S/C20H21N5O4S/c1-24-17-15(19(27)25(2)20(24)28)18(23-16(22-17)11-7-8-11)30-10-14(26)21-12-5-4-6-13(9-12)29-3/h4-6,9,11,15H,7-8,10H2,1-3H3/p+1. The SMILES string of the molecule is COc1cccc(NC(=O)CSC2=NC(C3CC3)=NC3=[N+](C)C(=O)N(C)C(=O)C23)c1. The number of ether oxygens (including phenoxy) is 1. The molecule has 0 aromatic heterocycles. The summed E-state index contributed by atoms with van der Waals surface area (Å²) in [5, 5.41) is 3.32. The quantitative estimate of drug-likeness (QED) is 0.721.